The van der Waals surface area contributed by atoms with E-state index in [9.17, 15) is 4.79 Å². The molecule has 0 radical (unpaired) electrons. The molecule has 25 heavy (non-hydrogen) atoms. The Bertz CT molecular complexity index is 923. The Morgan fingerprint density at radius 1 is 1.20 bits per heavy atom. The largest absolute Gasteiger partial charge is 0.497 e. The monoisotopic (exact) mass is 334 g/mol. The van der Waals surface area contributed by atoms with Crippen molar-refractivity contribution in [3.05, 3.63) is 71.5 Å². The van der Waals surface area contributed by atoms with Crippen LogP contribution in [-0.4, -0.2) is 18.2 Å². The number of carbonyl (C=O) groups excluding carboxylic acids is 1. The van der Waals surface area contributed by atoms with Gasteiger partial charge in [-0.25, -0.2) is 4.79 Å². The van der Waals surface area contributed by atoms with Gasteiger partial charge in [0.05, 0.1) is 24.3 Å². The number of carbonyl (C=O) groups is 1. The van der Waals surface area contributed by atoms with Crippen LogP contribution >= 0.6 is 0 Å². The number of aromatic nitrogens is 1. The highest BCUT2D eigenvalue weighted by Gasteiger charge is 2.12. The fraction of sp³-hybridized carbons (Fsp3) is 0.105. The number of ether oxygens (including phenoxy) is 2. The van der Waals surface area contributed by atoms with Crippen LogP contribution in [-0.2, 0) is 11.3 Å². The third-order valence-corrected chi connectivity index (χ3v) is 3.52. The van der Waals surface area contributed by atoms with Gasteiger partial charge >= 0.3 is 5.97 Å². The quantitative estimate of drug-likeness (QED) is 0.663. The van der Waals surface area contributed by atoms with Gasteiger partial charge in [0.1, 0.15) is 11.4 Å². The van der Waals surface area contributed by atoms with Crippen LogP contribution in [0.15, 0.2) is 59.1 Å². The molecule has 124 valence electrons. The second-order valence-electron chi connectivity index (χ2n) is 5.18. The van der Waals surface area contributed by atoms with Gasteiger partial charge in [0, 0.05) is 11.6 Å². The lowest BCUT2D eigenvalue weighted by molar-refractivity contribution is 0.0437. The molecule has 0 amide bonds. The van der Waals surface area contributed by atoms with Gasteiger partial charge in [-0.1, -0.05) is 11.2 Å². The number of rotatable bonds is 5. The first-order chi connectivity index (χ1) is 12.2. The van der Waals surface area contributed by atoms with Crippen LogP contribution < -0.4 is 4.74 Å². The number of nitriles is 1. The Morgan fingerprint density at radius 3 is 2.72 bits per heavy atom. The second-order valence-corrected chi connectivity index (χ2v) is 5.18. The highest BCUT2D eigenvalue weighted by molar-refractivity contribution is 5.89. The molecule has 6 heteroatoms. The molecule has 0 spiro atoms. The summed E-state index contributed by atoms with van der Waals surface area (Å²) in [5.41, 5.74) is 2.22. The molecule has 0 aliphatic carbocycles. The highest BCUT2D eigenvalue weighted by Crippen LogP contribution is 2.22. The Labute approximate surface area is 144 Å². The molecule has 0 unspecified atom stereocenters. The molecule has 0 saturated heterocycles. The fourth-order valence-electron chi connectivity index (χ4n) is 2.21. The van der Waals surface area contributed by atoms with Crippen LogP contribution in [0.5, 0.6) is 5.75 Å². The molecule has 0 saturated carbocycles. The van der Waals surface area contributed by atoms with Crippen molar-refractivity contribution < 1.29 is 18.8 Å². The third-order valence-electron chi connectivity index (χ3n) is 3.52. The number of methoxy groups -OCH3 is 1. The summed E-state index contributed by atoms with van der Waals surface area (Å²) < 4.78 is 15.5. The van der Waals surface area contributed by atoms with Gasteiger partial charge in [-0.3, -0.25) is 0 Å². The van der Waals surface area contributed by atoms with Gasteiger partial charge in [-0.05, 0) is 42.5 Å². The van der Waals surface area contributed by atoms with E-state index in [2.05, 4.69) is 5.16 Å². The molecule has 0 bridgehead atoms. The molecule has 0 aliphatic rings. The van der Waals surface area contributed by atoms with Gasteiger partial charge < -0.3 is 14.0 Å². The first-order valence-electron chi connectivity index (χ1n) is 7.47. The Morgan fingerprint density at radius 2 is 2.00 bits per heavy atom. The van der Waals surface area contributed by atoms with Crippen molar-refractivity contribution >= 4 is 5.97 Å². The molecule has 0 atom stereocenters. The van der Waals surface area contributed by atoms with Crippen molar-refractivity contribution in [2.24, 2.45) is 0 Å². The molecule has 3 aromatic rings. The maximum atomic E-state index is 12.0. The Hall–Kier alpha value is -3.59. The summed E-state index contributed by atoms with van der Waals surface area (Å²) in [4.78, 5) is 12.0. The number of hydrogen-bond donors (Lipinski definition) is 0. The van der Waals surface area contributed by atoms with Gasteiger partial charge in [0.25, 0.3) is 0 Å². The average Bonchev–Trinajstić information content (AvgIpc) is 3.15. The minimum atomic E-state index is -0.528. The van der Waals surface area contributed by atoms with Crippen LogP contribution in [0.4, 0.5) is 0 Å². The predicted molar refractivity (Wildman–Crippen MR) is 88.8 cm³/mol. The lowest BCUT2D eigenvalue weighted by Gasteiger charge is -2.02. The van der Waals surface area contributed by atoms with Crippen LogP contribution in [0.2, 0.25) is 0 Å². The second kappa shape index (κ2) is 7.32. The fourth-order valence-corrected chi connectivity index (χ4v) is 2.21. The molecule has 0 N–H and O–H groups in total. The minimum absolute atomic E-state index is 0.0429. The molecule has 3 rings (SSSR count). The molecule has 6 nitrogen and oxygen atoms in total. The van der Waals surface area contributed by atoms with Crippen molar-refractivity contribution in [1.29, 1.82) is 5.26 Å². The number of esters is 1. The average molecular weight is 334 g/mol. The molecular weight excluding hydrogens is 320 g/mol. The van der Waals surface area contributed by atoms with Gasteiger partial charge in [-0.2, -0.15) is 5.26 Å². The summed E-state index contributed by atoms with van der Waals surface area (Å²) in [7, 11) is 1.60. The van der Waals surface area contributed by atoms with Crippen molar-refractivity contribution in [2.45, 2.75) is 6.61 Å². The van der Waals surface area contributed by atoms with Crippen molar-refractivity contribution in [3.63, 3.8) is 0 Å². The van der Waals surface area contributed by atoms with Gasteiger partial charge in [0.15, 0.2) is 12.4 Å². The Balaban J connectivity index is 1.65. The van der Waals surface area contributed by atoms with Crippen molar-refractivity contribution in [1.82, 2.24) is 5.16 Å². The number of benzene rings is 2. The first-order valence-corrected chi connectivity index (χ1v) is 7.47. The SMILES string of the molecule is COc1ccc(-c2cc(COC(=O)c3cccc(C#N)c3)on2)cc1. The summed E-state index contributed by atoms with van der Waals surface area (Å²) >= 11 is 0. The zero-order chi connectivity index (χ0) is 17.6. The maximum Gasteiger partial charge on any atom is 0.338 e. The molecule has 1 aromatic heterocycles. The standard InChI is InChI=1S/C19H14N2O4/c1-23-16-7-5-14(6-8-16)18-10-17(25-21-18)12-24-19(22)15-4-2-3-13(9-15)11-20/h2-10H,12H2,1H3. The molecule has 0 aliphatic heterocycles. The first kappa shape index (κ1) is 16.3. The molecule has 2 aromatic carbocycles. The van der Waals surface area contributed by atoms with E-state index in [0.717, 1.165) is 11.3 Å². The zero-order valence-corrected chi connectivity index (χ0v) is 13.4. The van der Waals surface area contributed by atoms with Crippen LogP contribution in [0.3, 0.4) is 0 Å². The van der Waals surface area contributed by atoms with Crippen molar-refractivity contribution in [3.8, 4) is 23.1 Å². The van der Waals surface area contributed by atoms with Crippen LogP contribution in [0, 0.1) is 11.3 Å². The van der Waals surface area contributed by atoms with Crippen molar-refractivity contribution in [2.75, 3.05) is 7.11 Å². The molecule has 1 heterocycles. The zero-order valence-electron chi connectivity index (χ0n) is 13.4. The summed E-state index contributed by atoms with van der Waals surface area (Å²) in [6, 6.07) is 17.4. The van der Waals surface area contributed by atoms with Crippen LogP contribution in [0.1, 0.15) is 21.7 Å². The molecule has 0 fully saturated rings. The van der Waals surface area contributed by atoms with E-state index in [1.54, 1.807) is 31.4 Å². The summed E-state index contributed by atoms with van der Waals surface area (Å²) in [5.74, 6) is 0.649. The van der Waals surface area contributed by atoms with E-state index >= 15 is 0 Å². The summed E-state index contributed by atoms with van der Waals surface area (Å²) in [5, 5.41) is 12.8. The Kier molecular flexibility index (Phi) is 4.77. The lowest BCUT2D eigenvalue weighted by Crippen LogP contribution is -2.05. The number of nitrogens with zero attached hydrogens (tertiary/aromatic N) is 2. The molecular formula is C19H14N2O4. The van der Waals surface area contributed by atoms with E-state index < -0.39 is 5.97 Å². The van der Waals surface area contributed by atoms with Crippen LogP contribution in [0.25, 0.3) is 11.3 Å². The predicted octanol–water partition coefficient (Wildman–Crippen LogP) is 3.58. The van der Waals surface area contributed by atoms with E-state index in [1.165, 1.54) is 6.07 Å². The summed E-state index contributed by atoms with van der Waals surface area (Å²) in [6.07, 6.45) is 0. The maximum absolute atomic E-state index is 12.0. The van der Waals surface area contributed by atoms with Gasteiger partial charge in [-0.15, -0.1) is 0 Å². The summed E-state index contributed by atoms with van der Waals surface area (Å²) in [6.45, 7) is -0.0429. The topological polar surface area (TPSA) is 85.4 Å². The van der Waals surface area contributed by atoms with E-state index in [0.29, 0.717) is 22.6 Å². The third kappa shape index (κ3) is 3.85. The minimum Gasteiger partial charge on any atom is -0.497 e. The smallest absolute Gasteiger partial charge is 0.338 e. The van der Waals surface area contributed by atoms with E-state index in [-0.39, 0.29) is 6.61 Å². The lowest BCUT2D eigenvalue weighted by atomic mass is 10.1. The van der Waals surface area contributed by atoms with E-state index in [4.69, 9.17) is 19.3 Å². The highest BCUT2D eigenvalue weighted by atomic mass is 16.5. The van der Waals surface area contributed by atoms with E-state index in [1.807, 2.05) is 30.3 Å². The van der Waals surface area contributed by atoms with Gasteiger partial charge in [0.2, 0.25) is 0 Å². The number of hydrogen-bond acceptors (Lipinski definition) is 6. The normalized spacial score (nSPS) is 10.1.